The summed E-state index contributed by atoms with van der Waals surface area (Å²) in [4.78, 5) is 11.4. The quantitative estimate of drug-likeness (QED) is 0.700. The maximum atomic E-state index is 13.3. The molecule has 8 heteroatoms. The molecule has 0 aliphatic carbocycles. The number of rotatable bonds is 5. The zero-order chi connectivity index (χ0) is 19.6. The Bertz CT molecular complexity index is 1130. The molecule has 0 aliphatic rings. The second-order valence-electron chi connectivity index (χ2n) is 5.91. The first-order valence-electron chi connectivity index (χ1n) is 8.01. The summed E-state index contributed by atoms with van der Waals surface area (Å²) in [5.74, 6) is -2.31. The van der Waals surface area contributed by atoms with Gasteiger partial charge in [-0.2, -0.15) is 0 Å². The van der Waals surface area contributed by atoms with Gasteiger partial charge in [0.05, 0.1) is 4.90 Å². The molecule has 27 heavy (non-hydrogen) atoms. The van der Waals surface area contributed by atoms with Crippen molar-refractivity contribution in [2.45, 2.75) is 18.4 Å². The number of nitrogens with one attached hydrogen (secondary N) is 2. The standard InChI is InChI=1S/C19H16F2N2O3S/c1-12(24)23-18-6-2-5-15-14(18)4-3-7-19(15)27(25,26)22-11-13-8-9-16(20)17(21)10-13/h2-10,22H,11H2,1H3,(H,23,24). The highest BCUT2D eigenvalue weighted by atomic mass is 32.2. The summed E-state index contributed by atoms with van der Waals surface area (Å²) >= 11 is 0. The summed E-state index contributed by atoms with van der Waals surface area (Å²) in [6, 6.07) is 12.8. The molecule has 1 amide bonds. The van der Waals surface area contributed by atoms with E-state index in [4.69, 9.17) is 0 Å². The van der Waals surface area contributed by atoms with Gasteiger partial charge >= 0.3 is 0 Å². The number of benzene rings is 3. The van der Waals surface area contributed by atoms with Gasteiger partial charge in [-0.3, -0.25) is 4.79 Å². The van der Waals surface area contributed by atoms with E-state index in [0.717, 1.165) is 12.1 Å². The van der Waals surface area contributed by atoms with Crippen molar-refractivity contribution < 1.29 is 22.0 Å². The van der Waals surface area contributed by atoms with E-state index >= 15 is 0 Å². The minimum atomic E-state index is -3.93. The van der Waals surface area contributed by atoms with Crippen molar-refractivity contribution >= 4 is 32.4 Å². The van der Waals surface area contributed by atoms with E-state index in [1.165, 1.54) is 19.1 Å². The molecule has 0 unspecified atom stereocenters. The molecule has 0 saturated heterocycles. The van der Waals surface area contributed by atoms with Crippen molar-refractivity contribution in [1.29, 1.82) is 0 Å². The first-order valence-corrected chi connectivity index (χ1v) is 9.49. The van der Waals surface area contributed by atoms with E-state index in [2.05, 4.69) is 10.0 Å². The SMILES string of the molecule is CC(=O)Nc1cccc2c(S(=O)(=O)NCc3ccc(F)c(F)c3)cccc12. The number of fused-ring (bicyclic) bond motifs is 1. The lowest BCUT2D eigenvalue weighted by Crippen LogP contribution is -2.23. The van der Waals surface area contributed by atoms with Crippen molar-refractivity contribution in [3.8, 4) is 0 Å². The summed E-state index contributed by atoms with van der Waals surface area (Å²) in [6.07, 6.45) is 0. The van der Waals surface area contributed by atoms with Crippen LogP contribution in [0.5, 0.6) is 0 Å². The number of anilines is 1. The third-order valence-corrected chi connectivity index (χ3v) is 5.39. The van der Waals surface area contributed by atoms with E-state index < -0.39 is 21.7 Å². The van der Waals surface area contributed by atoms with Gasteiger partial charge in [-0.05, 0) is 29.8 Å². The second-order valence-corrected chi connectivity index (χ2v) is 7.65. The maximum absolute atomic E-state index is 13.3. The fourth-order valence-electron chi connectivity index (χ4n) is 2.72. The van der Waals surface area contributed by atoms with Crippen LogP contribution in [0.3, 0.4) is 0 Å². The van der Waals surface area contributed by atoms with Gasteiger partial charge in [-0.1, -0.05) is 30.3 Å². The minimum absolute atomic E-state index is 0.0229. The van der Waals surface area contributed by atoms with E-state index in [9.17, 15) is 22.0 Å². The predicted octanol–water partition coefficient (Wildman–Crippen LogP) is 3.55. The van der Waals surface area contributed by atoms with Gasteiger partial charge in [0.2, 0.25) is 15.9 Å². The van der Waals surface area contributed by atoms with Crippen LogP contribution in [-0.4, -0.2) is 14.3 Å². The first kappa shape index (κ1) is 18.9. The summed E-state index contributed by atoms with van der Waals surface area (Å²) in [7, 11) is -3.93. The molecule has 0 bridgehead atoms. The van der Waals surface area contributed by atoms with Crippen LogP contribution in [0.1, 0.15) is 12.5 Å². The van der Waals surface area contributed by atoms with Gasteiger partial charge < -0.3 is 5.32 Å². The largest absolute Gasteiger partial charge is 0.326 e. The molecule has 0 spiro atoms. The van der Waals surface area contributed by atoms with E-state index in [-0.39, 0.29) is 22.9 Å². The van der Waals surface area contributed by atoms with Gasteiger partial charge in [0.15, 0.2) is 11.6 Å². The molecule has 140 valence electrons. The van der Waals surface area contributed by atoms with Crippen molar-refractivity contribution in [2.24, 2.45) is 0 Å². The molecule has 0 atom stereocenters. The molecule has 0 radical (unpaired) electrons. The Kier molecular flexibility index (Phi) is 5.20. The highest BCUT2D eigenvalue weighted by molar-refractivity contribution is 7.89. The van der Waals surface area contributed by atoms with Crippen LogP contribution in [-0.2, 0) is 21.4 Å². The molecule has 5 nitrogen and oxygen atoms in total. The number of carbonyl (C=O) groups excluding carboxylic acids is 1. The molecular weight excluding hydrogens is 374 g/mol. The van der Waals surface area contributed by atoms with Gasteiger partial charge in [-0.25, -0.2) is 21.9 Å². The van der Waals surface area contributed by atoms with E-state index in [0.29, 0.717) is 16.5 Å². The van der Waals surface area contributed by atoms with E-state index in [1.54, 1.807) is 30.3 Å². The number of halogens is 2. The maximum Gasteiger partial charge on any atom is 0.241 e. The molecule has 3 rings (SSSR count). The third kappa shape index (κ3) is 4.12. The zero-order valence-corrected chi connectivity index (χ0v) is 15.1. The van der Waals surface area contributed by atoms with Crippen LogP contribution >= 0.6 is 0 Å². The van der Waals surface area contributed by atoms with Crippen molar-refractivity contribution in [3.63, 3.8) is 0 Å². The van der Waals surface area contributed by atoms with Crippen LogP contribution in [0.15, 0.2) is 59.5 Å². The fraction of sp³-hybridized carbons (Fsp3) is 0.105. The Morgan fingerprint density at radius 1 is 0.963 bits per heavy atom. The average Bonchev–Trinajstić information content (AvgIpc) is 2.62. The normalized spacial score (nSPS) is 11.5. The molecule has 3 aromatic rings. The highest BCUT2D eigenvalue weighted by Crippen LogP contribution is 2.29. The fourth-order valence-corrected chi connectivity index (χ4v) is 3.96. The summed E-state index contributed by atoms with van der Waals surface area (Å²) in [5, 5.41) is 3.67. The molecule has 0 heterocycles. The number of carbonyl (C=O) groups is 1. The lowest BCUT2D eigenvalue weighted by Gasteiger charge is -2.12. The molecule has 3 aromatic carbocycles. The predicted molar refractivity (Wildman–Crippen MR) is 98.6 cm³/mol. The Balaban J connectivity index is 1.95. The van der Waals surface area contributed by atoms with Crippen molar-refractivity contribution in [1.82, 2.24) is 4.72 Å². The van der Waals surface area contributed by atoms with E-state index in [1.807, 2.05) is 0 Å². The molecule has 0 aromatic heterocycles. The molecule has 0 saturated carbocycles. The summed E-state index contributed by atoms with van der Waals surface area (Å²) in [6.45, 7) is 1.17. The second kappa shape index (κ2) is 7.42. The molecule has 0 aliphatic heterocycles. The number of hydrogen-bond donors (Lipinski definition) is 2. The van der Waals surface area contributed by atoms with Gasteiger partial charge in [-0.15, -0.1) is 0 Å². The number of hydrogen-bond acceptors (Lipinski definition) is 3. The molecular formula is C19H16F2N2O3S. The average molecular weight is 390 g/mol. The smallest absolute Gasteiger partial charge is 0.241 e. The minimum Gasteiger partial charge on any atom is -0.326 e. The van der Waals surface area contributed by atoms with Crippen LogP contribution in [0.4, 0.5) is 14.5 Å². The zero-order valence-electron chi connectivity index (χ0n) is 14.3. The van der Waals surface area contributed by atoms with Crippen molar-refractivity contribution in [2.75, 3.05) is 5.32 Å². The van der Waals surface area contributed by atoms with Crippen LogP contribution in [0.25, 0.3) is 10.8 Å². The summed E-state index contributed by atoms with van der Waals surface area (Å²) < 4.78 is 54.2. The lowest BCUT2D eigenvalue weighted by molar-refractivity contribution is -0.114. The Morgan fingerprint density at radius 3 is 2.37 bits per heavy atom. The van der Waals surface area contributed by atoms with Crippen LogP contribution in [0, 0.1) is 11.6 Å². The Labute approximate surface area is 155 Å². The van der Waals surface area contributed by atoms with Gasteiger partial charge in [0, 0.05) is 29.9 Å². The third-order valence-electron chi connectivity index (χ3n) is 3.93. The summed E-state index contributed by atoms with van der Waals surface area (Å²) in [5.41, 5.74) is 0.786. The number of sulfonamides is 1. The Hall–Kier alpha value is -2.84. The monoisotopic (exact) mass is 390 g/mol. The van der Waals surface area contributed by atoms with Crippen LogP contribution < -0.4 is 10.0 Å². The number of amides is 1. The first-order chi connectivity index (χ1) is 12.8. The van der Waals surface area contributed by atoms with Crippen molar-refractivity contribution in [3.05, 3.63) is 71.8 Å². The molecule has 2 N–H and O–H groups in total. The van der Waals surface area contributed by atoms with Gasteiger partial charge in [0.1, 0.15) is 0 Å². The molecule has 0 fully saturated rings. The van der Waals surface area contributed by atoms with Gasteiger partial charge in [0.25, 0.3) is 0 Å². The van der Waals surface area contributed by atoms with Crippen LogP contribution in [0.2, 0.25) is 0 Å². The Morgan fingerprint density at radius 2 is 1.67 bits per heavy atom. The highest BCUT2D eigenvalue weighted by Gasteiger charge is 2.18. The lowest BCUT2D eigenvalue weighted by atomic mass is 10.1. The topological polar surface area (TPSA) is 75.3 Å².